The van der Waals surface area contributed by atoms with Crippen LogP contribution in [0.1, 0.15) is 53.1 Å². The second-order valence-corrected chi connectivity index (χ2v) is 16.3. The number of nitrogens with zero attached hydrogens (tertiary/aromatic N) is 1. The maximum absolute atomic E-state index is 14.4. The Bertz CT molecular complexity index is 2550. The Morgan fingerprint density at radius 3 is 2.21 bits per heavy atom. The molecule has 1 atom stereocenters. The Kier molecular flexibility index (Phi) is 14.0. The number of carbonyl (C=O) groups excluding carboxylic acids is 4. The maximum atomic E-state index is 14.4. The van der Waals surface area contributed by atoms with Crippen molar-refractivity contribution in [1.29, 1.82) is 0 Å². The summed E-state index contributed by atoms with van der Waals surface area (Å²) in [5.74, 6) is -1.03. The minimum absolute atomic E-state index is 0.0387. The lowest BCUT2D eigenvalue weighted by atomic mass is 10.0. The number of hydrogen-bond donors (Lipinski definition) is 3. The molecule has 5 aromatic carbocycles. The van der Waals surface area contributed by atoms with Gasteiger partial charge in [0.2, 0.25) is 5.91 Å². The summed E-state index contributed by atoms with van der Waals surface area (Å²) >= 11 is 2.70. The molecule has 1 aliphatic heterocycles. The normalized spacial score (nSPS) is 13.0. The first-order valence-electron chi connectivity index (χ1n) is 19.5. The van der Waals surface area contributed by atoms with Crippen molar-refractivity contribution in [1.82, 2.24) is 10.2 Å². The number of rotatable bonds is 15. The lowest BCUT2D eigenvalue weighted by Crippen LogP contribution is -2.30. The van der Waals surface area contributed by atoms with E-state index in [1.807, 2.05) is 54.6 Å². The van der Waals surface area contributed by atoms with E-state index in [0.29, 0.717) is 56.7 Å². The third-order valence-corrected chi connectivity index (χ3v) is 12.3. The highest BCUT2D eigenvalue weighted by Gasteiger charge is 2.31. The maximum Gasteiger partial charge on any atom is 0.341 e. The Hall–Kier alpha value is -6.67. The largest absolute Gasteiger partial charge is 0.493 e. The third-order valence-electron chi connectivity index (χ3n) is 9.96. The number of methoxy groups -OCH3 is 3. The predicted octanol–water partition coefficient (Wildman–Crippen LogP) is 8.99. The topological polar surface area (TPSA) is 135 Å². The standard InChI is InChI=1S/C48H44N4O7S2/c1-57-39-24-13-21-34(42(39)58-2)27-38(50-44(53)33-19-11-6-12-20-33)45(54)49-35-22-14-23-36(28-35)60-43(32-17-9-5-10-18-32)46(55)51-47-41(48(56)59-3)37-25-26-52(30-40(37)61-47)29-31-15-7-4-8-16-31/h4-24,27-28,43H,25-26,29-30H2,1-3H3,(H,49,54)(H,50,53)(H,51,55)/b38-27+. The third kappa shape index (κ3) is 10.4. The summed E-state index contributed by atoms with van der Waals surface area (Å²) in [6.07, 6.45) is 2.17. The van der Waals surface area contributed by atoms with Gasteiger partial charge in [-0.1, -0.05) is 97.1 Å². The zero-order valence-corrected chi connectivity index (χ0v) is 35.4. The average molecular weight is 853 g/mol. The number of anilines is 2. The van der Waals surface area contributed by atoms with Gasteiger partial charge in [0.25, 0.3) is 11.8 Å². The van der Waals surface area contributed by atoms with Crippen molar-refractivity contribution in [2.75, 3.05) is 38.5 Å². The molecule has 7 rings (SSSR count). The number of esters is 1. The SMILES string of the molecule is COC(=O)c1c(NC(=O)C(Sc2cccc(NC(=O)/C(=C\c3cccc(OC)c3OC)NC(=O)c3ccccc3)c2)c2ccccc2)sc2c1CCN(Cc1ccccc1)C2. The number of benzene rings is 5. The number of nitrogens with one attached hydrogen (secondary N) is 3. The molecule has 13 heteroatoms. The molecule has 1 unspecified atom stereocenters. The van der Waals surface area contributed by atoms with Crippen molar-refractivity contribution in [3.05, 3.63) is 177 Å². The number of ether oxygens (including phenoxy) is 3. The number of thioether (sulfide) groups is 1. The van der Waals surface area contributed by atoms with Crippen LogP contribution in [0.2, 0.25) is 0 Å². The lowest BCUT2D eigenvalue weighted by molar-refractivity contribution is -0.116. The van der Waals surface area contributed by atoms with Crippen molar-refractivity contribution in [3.63, 3.8) is 0 Å². The molecule has 2 heterocycles. The molecule has 3 amide bonds. The molecule has 0 saturated heterocycles. The monoisotopic (exact) mass is 852 g/mol. The van der Waals surface area contributed by atoms with Gasteiger partial charge in [0.15, 0.2) is 11.5 Å². The van der Waals surface area contributed by atoms with Crippen LogP contribution in [0.25, 0.3) is 6.08 Å². The van der Waals surface area contributed by atoms with Crippen molar-refractivity contribution in [2.24, 2.45) is 0 Å². The average Bonchev–Trinajstić information content (AvgIpc) is 3.65. The highest BCUT2D eigenvalue weighted by atomic mass is 32.2. The minimum Gasteiger partial charge on any atom is -0.493 e. The van der Waals surface area contributed by atoms with E-state index in [2.05, 4.69) is 33.0 Å². The van der Waals surface area contributed by atoms with Gasteiger partial charge in [-0.05, 0) is 65.6 Å². The van der Waals surface area contributed by atoms with Crippen molar-refractivity contribution in [3.8, 4) is 11.5 Å². The number of amides is 3. The molecule has 11 nitrogen and oxygen atoms in total. The second-order valence-electron chi connectivity index (χ2n) is 14.0. The van der Waals surface area contributed by atoms with Crippen LogP contribution in [0.3, 0.4) is 0 Å². The van der Waals surface area contributed by atoms with E-state index in [9.17, 15) is 19.2 Å². The number of para-hydroxylation sites is 1. The summed E-state index contributed by atoms with van der Waals surface area (Å²) in [5.41, 5.74) is 4.52. The van der Waals surface area contributed by atoms with Crippen LogP contribution in [0.4, 0.5) is 10.7 Å². The summed E-state index contributed by atoms with van der Waals surface area (Å²) in [5, 5.41) is 8.50. The molecule has 0 fully saturated rings. The van der Waals surface area contributed by atoms with Gasteiger partial charge < -0.3 is 30.2 Å². The molecule has 6 aromatic rings. The van der Waals surface area contributed by atoms with Crippen LogP contribution in [-0.4, -0.2) is 56.5 Å². The number of carbonyl (C=O) groups is 4. The van der Waals surface area contributed by atoms with Crippen LogP contribution >= 0.6 is 23.1 Å². The van der Waals surface area contributed by atoms with Gasteiger partial charge >= 0.3 is 5.97 Å². The fourth-order valence-electron chi connectivity index (χ4n) is 7.02. The summed E-state index contributed by atoms with van der Waals surface area (Å²) in [4.78, 5) is 59.1. The number of fused-ring (bicyclic) bond motifs is 1. The zero-order chi connectivity index (χ0) is 42.7. The number of hydrogen-bond acceptors (Lipinski definition) is 10. The first-order chi connectivity index (χ1) is 29.7. The summed E-state index contributed by atoms with van der Waals surface area (Å²) in [6, 6.07) is 40.6. The van der Waals surface area contributed by atoms with Gasteiger partial charge in [0, 0.05) is 46.2 Å². The molecule has 310 valence electrons. The molecular weight excluding hydrogens is 809 g/mol. The fourth-order valence-corrected chi connectivity index (χ4v) is 9.39. The highest BCUT2D eigenvalue weighted by molar-refractivity contribution is 8.00. The summed E-state index contributed by atoms with van der Waals surface area (Å²) < 4.78 is 16.3. The van der Waals surface area contributed by atoms with E-state index in [-0.39, 0.29) is 11.6 Å². The van der Waals surface area contributed by atoms with E-state index in [1.165, 1.54) is 56.1 Å². The van der Waals surface area contributed by atoms with Crippen molar-refractivity contribution >= 4 is 63.6 Å². The van der Waals surface area contributed by atoms with Gasteiger partial charge in [0.1, 0.15) is 15.9 Å². The fraction of sp³-hybridized carbons (Fsp3) is 0.167. The van der Waals surface area contributed by atoms with Crippen molar-refractivity contribution < 1.29 is 33.4 Å². The van der Waals surface area contributed by atoms with Crippen LogP contribution in [0.5, 0.6) is 11.5 Å². The quantitative estimate of drug-likeness (QED) is 0.0526. The van der Waals surface area contributed by atoms with Crippen LogP contribution in [0, 0.1) is 0 Å². The Labute approximate surface area is 362 Å². The lowest BCUT2D eigenvalue weighted by Gasteiger charge is -2.27. The zero-order valence-electron chi connectivity index (χ0n) is 33.8. The molecule has 0 aliphatic carbocycles. The highest BCUT2D eigenvalue weighted by Crippen LogP contribution is 2.41. The Balaban J connectivity index is 1.14. The van der Waals surface area contributed by atoms with Crippen LogP contribution in [0.15, 0.2) is 144 Å². The second kappa shape index (κ2) is 20.1. The molecule has 0 spiro atoms. The molecule has 0 bridgehead atoms. The molecule has 0 saturated carbocycles. The van der Waals surface area contributed by atoms with Gasteiger partial charge in [-0.25, -0.2) is 4.79 Å². The molecule has 1 aromatic heterocycles. The van der Waals surface area contributed by atoms with Gasteiger partial charge in [-0.2, -0.15) is 0 Å². The first-order valence-corrected chi connectivity index (χ1v) is 21.2. The minimum atomic E-state index is -0.743. The van der Waals surface area contributed by atoms with Crippen LogP contribution < -0.4 is 25.4 Å². The molecule has 1 aliphatic rings. The van der Waals surface area contributed by atoms with E-state index < -0.39 is 23.0 Å². The van der Waals surface area contributed by atoms with E-state index in [0.717, 1.165) is 29.1 Å². The number of thiophene rings is 1. The molecular formula is C48H44N4O7S2. The Morgan fingerprint density at radius 2 is 1.51 bits per heavy atom. The predicted molar refractivity (Wildman–Crippen MR) is 240 cm³/mol. The van der Waals surface area contributed by atoms with Gasteiger partial charge in [0.05, 0.1) is 26.9 Å². The summed E-state index contributed by atoms with van der Waals surface area (Å²) in [7, 11) is 4.36. The van der Waals surface area contributed by atoms with Gasteiger partial charge in [-0.3, -0.25) is 19.3 Å². The van der Waals surface area contributed by atoms with E-state index in [1.54, 1.807) is 66.7 Å². The molecule has 61 heavy (non-hydrogen) atoms. The Morgan fingerprint density at radius 1 is 0.803 bits per heavy atom. The summed E-state index contributed by atoms with van der Waals surface area (Å²) in [6.45, 7) is 2.18. The van der Waals surface area contributed by atoms with Gasteiger partial charge in [-0.15, -0.1) is 23.1 Å². The smallest absolute Gasteiger partial charge is 0.341 e. The molecule has 0 radical (unpaired) electrons. The van der Waals surface area contributed by atoms with Crippen molar-refractivity contribution in [2.45, 2.75) is 29.7 Å². The van der Waals surface area contributed by atoms with Crippen LogP contribution in [-0.2, 0) is 33.8 Å². The van der Waals surface area contributed by atoms with E-state index >= 15 is 0 Å². The van der Waals surface area contributed by atoms with E-state index in [4.69, 9.17) is 14.2 Å². The first kappa shape index (κ1) is 42.5. The molecule has 3 N–H and O–H groups in total.